The third-order valence-electron chi connectivity index (χ3n) is 5.50. The second-order valence-electron chi connectivity index (χ2n) is 7.56. The second kappa shape index (κ2) is 9.62. The van der Waals surface area contributed by atoms with Crippen molar-refractivity contribution in [2.24, 2.45) is 4.99 Å². The molecule has 0 bridgehead atoms. The van der Waals surface area contributed by atoms with Gasteiger partial charge in [0.1, 0.15) is 5.76 Å². The highest BCUT2D eigenvalue weighted by Crippen LogP contribution is 2.24. The molecule has 1 atom stereocenters. The van der Waals surface area contributed by atoms with Gasteiger partial charge in [-0.3, -0.25) is 4.99 Å². The zero-order valence-electron chi connectivity index (χ0n) is 17.6. The lowest BCUT2D eigenvalue weighted by atomic mass is 10.1. The lowest BCUT2D eigenvalue weighted by Gasteiger charge is -2.22. The largest absolute Gasteiger partial charge is 0.372 e. The summed E-state index contributed by atoms with van der Waals surface area (Å²) in [4.78, 5) is 6.85. The van der Waals surface area contributed by atoms with Crippen LogP contribution in [0, 0.1) is 13.8 Å². The molecule has 0 saturated carbocycles. The summed E-state index contributed by atoms with van der Waals surface area (Å²) in [6, 6.07) is 9.04. The first-order chi connectivity index (χ1) is 13.6. The van der Waals surface area contributed by atoms with Crippen LogP contribution in [0.5, 0.6) is 0 Å². The van der Waals surface area contributed by atoms with Gasteiger partial charge in [0.25, 0.3) is 0 Å². The fraction of sp³-hybridized carbons (Fsp3) is 0.545. The molecule has 2 N–H and O–H groups in total. The Kier molecular flexibility index (Phi) is 6.95. The number of anilines is 1. The van der Waals surface area contributed by atoms with Gasteiger partial charge in [-0.1, -0.05) is 17.3 Å². The van der Waals surface area contributed by atoms with Crippen molar-refractivity contribution < 1.29 is 4.52 Å². The number of aliphatic imine (C=N–C) groups is 1. The Labute approximate surface area is 168 Å². The van der Waals surface area contributed by atoms with Crippen LogP contribution in [0.25, 0.3) is 0 Å². The van der Waals surface area contributed by atoms with Gasteiger partial charge in [0, 0.05) is 37.9 Å². The Morgan fingerprint density at radius 1 is 1.29 bits per heavy atom. The Bertz CT molecular complexity index is 772. The van der Waals surface area contributed by atoms with E-state index in [0.717, 1.165) is 36.8 Å². The van der Waals surface area contributed by atoms with Crippen LogP contribution in [0.4, 0.5) is 5.69 Å². The van der Waals surface area contributed by atoms with Crippen molar-refractivity contribution in [3.05, 3.63) is 46.8 Å². The summed E-state index contributed by atoms with van der Waals surface area (Å²) in [6.45, 7) is 9.34. The molecule has 1 aliphatic heterocycles. The van der Waals surface area contributed by atoms with Crippen molar-refractivity contribution in [3.63, 3.8) is 0 Å². The molecule has 3 rings (SSSR count). The van der Waals surface area contributed by atoms with Crippen LogP contribution < -0.4 is 15.5 Å². The number of guanidine groups is 1. The zero-order valence-corrected chi connectivity index (χ0v) is 17.6. The predicted octanol–water partition coefficient (Wildman–Crippen LogP) is 3.75. The van der Waals surface area contributed by atoms with Gasteiger partial charge in [-0.25, -0.2) is 0 Å². The van der Waals surface area contributed by atoms with Crippen molar-refractivity contribution >= 4 is 11.6 Å². The molecule has 1 saturated heterocycles. The first kappa shape index (κ1) is 20.2. The third-order valence-corrected chi connectivity index (χ3v) is 5.50. The fourth-order valence-corrected chi connectivity index (χ4v) is 3.78. The normalized spacial score (nSPS) is 15.7. The van der Waals surface area contributed by atoms with Crippen molar-refractivity contribution in [3.8, 4) is 0 Å². The lowest BCUT2D eigenvalue weighted by Crippen LogP contribution is -2.39. The maximum Gasteiger partial charge on any atom is 0.191 e. The summed E-state index contributed by atoms with van der Waals surface area (Å²) in [5.74, 6) is 1.75. The third kappa shape index (κ3) is 5.06. The topological polar surface area (TPSA) is 65.7 Å². The van der Waals surface area contributed by atoms with Crippen molar-refractivity contribution in [2.45, 2.75) is 52.5 Å². The van der Waals surface area contributed by atoms with E-state index in [1.165, 1.54) is 42.7 Å². The molecule has 0 aliphatic carbocycles. The summed E-state index contributed by atoms with van der Waals surface area (Å²) < 4.78 is 5.23. The number of hydrogen-bond acceptors (Lipinski definition) is 4. The summed E-state index contributed by atoms with van der Waals surface area (Å²) in [5, 5.41) is 10.9. The van der Waals surface area contributed by atoms with Crippen molar-refractivity contribution in [2.75, 3.05) is 31.6 Å². The van der Waals surface area contributed by atoms with Gasteiger partial charge in [-0.15, -0.1) is 0 Å². The molecule has 28 heavy (non-hydrogen) atoms. The van der Waals surface area contributed by atoms with Crippen LogP contribution >= 0.6 is 0 Å². The molecule has 1 aliphatic rings. The average Bonchev–Trinajstić information content (AvgIpc) is 3.35. The highest BCUT2D eigenvalue weighted by Gasteiger charge is 2.14. The second-order valence-corrected chi connectivity index (χ2v) is 7.56. The van der Waals surface area contributed by atoms with Gasteiger partial charge in [-0.2, -0.15) is 0 Å². The van der Waals surface area contributed by atoms with Gasteiger partial charge < -0.3 is 20.1 Å². The Morgan fingerprint density at radius 2 is 2.07 bits per heavy atom. The van der Waals surface area contributed by atoms with E-state index in [1.54, 1.807) is 0 Å². The molecule has 0 amide bonds. The van der Waals surface area contributed by atoms with Gasteiger partial charge >= 0.3 is 0 Å². The van der Waals surface area contributed by atoms with Gasteiger partial charge in [-0.05, 0) is 64.2 Å². The predicted molar refractivity (Wildman–Crippen MR) is 115 cm³/mol. The monoisotopic (exact) mass is 383 g/mol. The number of aryl methyl sites for hydroxylation is 2. The molecule has 2 aromatic rings. The number of nitrogens with zero attached hydrogens (tertiary/aromatic N) is 3. The van der Waals surface area contributed by atoms with E-state index >= 15 is 0 Å². The van der Waals surface area contributed by atoms with Crippen LogP contribution in [0.1, 0.15) is 54.8 Å². The molecule has 6 nitrogen and oxygen atoms in total. The van der Waals surface area contributed by atoms with Crippen molar-refractivity contribution in [1.82, 2.24) is 15.8 Å². The maximum atomic E-state index is 5.23. The highest BCUT2D eigenvalue weighted by molar-refractivity contribution is 5.80. The van der Waals surface area contributed by atoms with E-state index in [9.17, 15) is 0 Å². The van der Waals surface area contributed by atoms with E-state index in [-0.39, 0.29) is 6.04 Å². The first-order valence-electron chi connectivity index (χ1n) is 10.3. The number of aromatic nitrogens is 1. The molecule has 152 valence electrons. The molecular weight excluding hydrogens is 350 g/mol. The summed E-state index contributed by atoms with van der Waals surface area (Å²) in [7, 11) is 1.82. The molecule has 2 heterocycles. The van der Waals surface area contributed by atoms with Gasteiger partial charge in [0.15, 0.2) is 5.96 Å². The van der Waals surface area contributed by atoms with E-state index < -0.39 is 0 Å². The summed E-state index contributed by atoms with van der Waals surface area (Å²) in [5.41, 5.74) is 4.82. The number of nitrogens with one attached hydrogen (secondary N) is 2. The van der Waals surface area contributed by atoms with E-state index in [4.69, 9.17) is 4.52 Å². The molecule has 1 fully saturated rings. The van der Waals surface area contributed by atoms with Crippen LogP contribution in [-0.4, -0.2) is 37.8 Å². The first-order valence-corrected chi connectivity index (χ1v) is 10.3. The Hall–Kier alpha value is -2.50. The van der Waals surface area contributed by atoms with Crippen LogP contribution in [0.3, 0.4) is 0 Å². The molecule has 1 aromatic heterocycles. The Morgan fingerprint density at radius 3 is 2.75 bits per heavy atom. The molecular formula is C22H33N5O. The van der Waals surface area contributed by atoms with E-state index in [2.05, 4.69) is 56.9 Å². The van der Waals surface area contributed by atoms with Crippen LogP contribution in [-0.2, 0) is 6.42 Å². The molecule has 1 aromatic carbocycles. The minimum Gasteiger partial charge on any atom is -0.372 e. The Balaban J connectivity index is 1.49. The van der Waals surface area contributed by atoms with Crippen LogP contribution in [0.15, 0.2) is 33.8 Å². The molecule has 6 heteroatoms. The minimum absolute atomic E-state index is 0.191. The number of hydrogen-bond donors (Lipinski definition) is 2. The highest BCUT2D eigenvalue weighted by atomic mass is 16.5. The minimum atomic E-state index is 0.191. The molecule has 0 spiro atoms. The molecule has 0 radical (unpaired) electrons. The van der Waals surface area contributed by atoms with E-state index in [1.807, 2.05) is 20.9 Å². The van der Waals surface area contributed by atoms with Crippen LogP contribution in [0.2, 0.25) is 0 Å². The van der Waals surface area contributed by atoms with Gasteiger partial charge in [0.05, 0.1) is 11.7 Å². The lowest BCUT2D eigenvalue weighted by molar-refractivity contribution is 0.392. The quantitative estimate of drug-likeness (QED) is 0.433. The summed E-state index contributed by atoms with van der Waals surface area (Å²) in [6.07, 6.45) is 4.55. The maximum absolute atomic E-state index is 5.23. The van der Waals surface area contributed by atoms with Gasteiger partial charge in [0.2, 0.25) is 0 Å². The zero-order chi connectivity index (χ0) is 19.9. The summed E-state index contributed by atoms with van der Waals surface area (Å²) >= 11 is 0. The number of benzene rings is 1. The average molecular weight is 384 g/mol. The van der Waals surface area contributed by atoms with Crippen molar-refractivity contribution in [1.29, 1.82) is 0 Å². The standard InChI is InChI=1S/C22H33N5O/c1-16(19-9-7-10-20(15-19)27-13-5-6-14-27)25-22(23-4)24-12-8-11-21-17(2)26-28-18(21)3/h7,9-10,15-16H,5-6,8,11-14H2,1-4H3,(H2,23,24,25). The smallest absolute Gasteiger partial charge is 0.191 e. The fourth-order valence-electron chi connectivity index (χ4n) is 3.78. The molecule has 1 unspecified atom stereocenters. The SMILES string of the molecule is CN=C(NCCCc1c(C)noc1C)NC(C)c1cccc(N2CCCC2)c1. The number of rotatable bonds is 7. The van der Waals surface area contributed by atoms with E-state index in [0.29, 0.717) is 0 Å².